The van der Waals surface area contributed by atoms with Gasteiger partial charge in [0, 0.05) is 12.6 Å². The third-order valence-corrected chi connectivity index (χ3v) is 4.77. The number of thiophene rings is 1. The highest BCUT2D eigenvalue weighted by Gasteiger charge is 2.42. The first kappa shape index (κ1) is 11.7. The number of hydrogen-bond donors (Lipinski definition) is 2. The molecule has 0 aromatic carbocycles. The van der Waals surface area contributed by atoms with E-state index < -0.39 is 5.60 Å². The molecule has 2 N–H and O–H groups in total. The van der Waals surface area contributed by atoms with Gasteiger partial charge in [-0.3, -0.25) is 0 Å². The molecule has 0 amide bonds. The van der Waals surface area contributed by atoms with E-state index in [-0.39, 0.29) is 0 Å². The van der Waals surface area contributed by atoms with E-state index in [9.17, 15) is 5.11 Å². The number of aliphatic hydroxyl groups is 1. The zero-order valence-electron chi connectivity index (χ0n) is 10.4. The minimum atomic E-state index is -0.720. The van der Waals surface area contributed by atoms with Crippen LogP contribution < -0.4 is 5.32 Å². The van der Waals surface area contributed by atoms with E-state index in [4.69, 9.17) is 0 Å². The van der Waals surface area contributed by atoms with Crippen LogP contribution in [0.25, 0.3) is 0 Å². The van der Waals surface area contributed by atoms with E-state index in [1.807, 2.05) is 23.8 Å². The van der Waals surface area contributed by atoms with Gasteiger partial charge in [0.05, 0.1) is 5.60 Å². The Hall–Kier alpha value is -0.380. The molecule has 17 heavy (non-hydrogen) atoms. The summed E-state index contributed by atoms with van der Waals surface area (Å²) in [4.78, 5) is 0. The van der Waals surface area contributed by atoms with Gasteiger partial charge in [-0.05, 0) is 66.8 Å². The van der Waals surface area contributed by atoms with Crippen LogP contribution >= 0.6 is 11.3 Å². The molecule has 1 unspecified atom stereocenters. The summed E-state index contributed by atoms with van der Waals surface area (Å²) < 4.78 is 0. The van der Waals surface area contributed by atoms with Gasteiger partial charge in [0.2, 0.25) is 0 Å². The monoisotopic (exact) mass is 251 g/mol. The smallest absolute Gasteiger partial charge is 0.1000 e. The summed E-state index contributed by atoms with van der Waals surface area (Å²) in [6, 6.07) is 2.69. The molecule has 2 nitrogen and oxygen atoms in total. The Morgan fingerprint density at radius 3 is 2.53 bits per heavy atom. The first-order chi connectivity index (χ1) is 8.17. The lowest BCUT2D eigenvalue weighted by atomic mass is 9.98. The number of hydrogen-bond acceptors (Lipinski definition) is 3. The van der Waals surface area contributed by atoms with Crippen molar-refractivity contribution in [1.29, 1.82) is 0 Å². The van der Waals surface area contributed by atoms with Crippen molar-refractivity contribution in [3.63, 3.8) is 0 Å². The Bertz CT molecular complexity index is 354. The lowest BCUT2D eigenvalue weighted by Crippen LogP contribution is -2.42. The molecule has 3 heteroatoms. The van der Waals surface area contributed by atoms with Crippen LogP contribution in [0.1, 0.15) is 38.2 Å². The molecular formula is C14H21NOS. The van der Waals surface area contributed by atoms with Gasteiger partial charge in [0.25, 0.3) is 0 Å². The Morgan fingerprint density at radius 2 is 2.06 bits per heavy atom. The topological polar surface area (TPSA) is 32.3 Å². The maximum atomic E-state index is 10.5. The van der Waals surface area contributed by atoms with Gasteiger partial charge < -0.3 is 10.4 Å². The second kappa shape index (κ2) is 4.38. The maximum absolute atomic E-state index is 10.5. The molecular weight excluding hydrogens is 230 g/mol. The van der Waals surface area contributed by atoms with E-state index in [0.29, 0.717) is 12.6 Å². The number of nitrogens with one attached hydrogen (secondary N) is 1. The minimum Gasteiger partial charge on any atom is -0.384 e. The van der Waals surface area contributed by atoms with Crippen molar-refractivity contribution in [2.75, 3.05) is 6.54 Å². The van der Waals surface area contributed by atoms with Gasteiger partial charge >= 0.3 is 0 Å². The van der Waals surface area contributed by atoms with Gasteiger partial charge in [0.1, 0.15) is 0 Å². The molecule has 1 atom stereocenters. The Morgan fingerprint density at radius 1 is 1.41 bits per heavy atom. The summed E-state index contributed by atoms with van der Waals surface area (Å²) in [5.41, 5.74) is 0.322. The van der Waals surface area contributed by atoms with Gasteiger partial charge in [-0.25, -0.2) is 0 Å². The average Bonchev–Trinajstić information content (AvgIpc) is 3.21. The summed E-state index contributed by atoms with van der Waals surface area (Å²) in [6.45, 7) is 2.60. The van der Waals surface area contributed by atoms with Crippen molar-refractivity contribution in [2.24, 2.45) is 11.8 Å². The van der Waals surface area contributed by atoms with Crippen LogP contribution in [-0.2, 0) is 5.60 Å². The summed E-state index contributed by atoms with van der Waals surface area (Å²) in [5, 5.41) is 18.2. The molecule has 0 aliphatic heterocycles. The first-order valence-electron chi connectivity index (χ1n) is 6.65. The van der Waals surface area contributed by atoms with E-state index >= 15 is 0 Å². The van der Waals surface area contributed by atoms with Gasteiger partial charge in [-0.1, -0.05) is 0 Å². The fourth-order valence-electron chi connectivity index (χ4n) is 2.62. The third kappa shape index (κ3) is 2.72. The number of rotatable bonds is 6. The van der Waals surface area contributed by atoms with E-state index in [1.54, 1.807) is 11.3 Å². The molecule has 1 heterocycles. The largest absolute Gasteiger partial charge is 0.384 e. The second-order valence-electron chi connectivity index (χ2n) is 5.87. The van der Waals surface area contributed by atoms with Crippen LogP contribution in [0.2, 0.25) is 0 Å². The standard InChI is InChI=1S/C14H21NOS/c1-14(16,12-6-7-17-8-12)9-15-13(10-2-3-10)11-4-5-11/h6-8,10-11,13,15-16H,2-5,9H2,1H3. The molecule has 0 saturated heterocycles. The van der Waals surface area contributed by atoms with Crippen molar-refractivity contribution in [2.45, 2.75) is 44.2 Å². The summed E-state index contributed by atoms with van der Waals surface area (Å²) in [5.74, 6) is 1.78. The molecule has 2 fully saturated rings. The predicted octanol–water partition coefficient (Wildman–Crippen LogP) is 2.73. The lowest BCUT2D eigenvalue weighted by molar-refractivity contribution is 0.0524. The first-order valence-corrected chi connectivity index (χ1v) is 7.59. The van der Waals surface area contributed by atoms with Crippen molar-refractivity contribution in [3.05, 3.63) is 22.4 Å². The van der Waals surface area contributed by atoms with Crippen LogP contribution in [0, 0.1) is 11.8 Å². The molecule has 2 aliphatic carbocycles. The van der Waals surface area contributed by atoms with Crippen molar-refractivity contribution in [1.82, 2.24) is 5.32 Å². The van der Waals surface area contributed by atoms with Crippen LogP contribution in [0.4, 0.5) is 0 Å². The fourth-order valence-corrected chi connectivity index (χ4v) is 3.40. The van der Waals surface area contributed by atoms with Crippen molar-refractivity contribution >= 4 is 11.3 Å². The predicted molar refractivity (Wildman–Crippen MR) is 71.1 cm³/mol. The molecule has 2 saturated carbocycles. The zero-order valence-corrected chi connectivity index (χ0v) is 11.2. The summed E-state index contributed by atoms with van der Waals surface area (Å²) in [6.07, 6.45) is 5.53. The average molecular weight is 251 g/mol. The van der Waals surface area contributed by atoms with E-state index in [0.717, 1.165) is 17.4 Å². The normalized spacial score (nSPS) is 23.9. The van der Waals surface area contributed by atoms with Crippen LogP contribution in [0.5, 0.6) is 0 Å². The molecule has 1 aromatic heterocycles. The SMILES string of the molecule is CC(O)(CNC(C1CC1)C1CC1)c1ccsc1. The van der Waals surface area contributed by atoms with Gasteiger partial charge in [-0.2, -0.15) is 11.3 Å². The van der Waals surface area contributed by atoms with Crippen molar-refractivity contribution < 1.29 is 5.11 Å². The maximum Gasteiger partial charge on any atom is 0.1000 e. The van der Waals surface area contributed by atoms with E-state index in [2.05, 4.69) is 5.32 Å². The minimum absolute atomic E-state index is 0.667. The van der Waals surface area contributed by atoms with Gasteiger partial charge in [-0.15, -0.1) is 0 Å². The Labute approximate surface area is 107 Å². The lowest BCUT2D eigenvalue weighted by Gasteiger charge is -2.27. The second-order valence-corrected chi connectivity index (χ2v) is 6.65. The molecule has 0 radical (unpaired) electrons. The molecule has 1 aromatic rings. The van der Waals surface area contributed by atoms with Crippen molar-refractivity contribution in [3.8, 4) is 0 Å². The van der Waals surface area contributed by atoms with Crippen LogP contribution in [0.3, 0.4) is 0 Å². The third-order valence-electron chi connectivity index (χ3n) is 4.08. The fraction of sp³-hybridized carbons (Fsp3) is 0.714. The molecule has 3 rings (SSSR count). The molecule has 2 aliphatic rings. The highest BCUT2D eigenvalue weighted by atomic mass is 32.1. The Balaban J connectivity index is 1.58. The van der Waals surface area contributed by atoms with Gasteiger partial charge in [0.15, 0.2) is 0 Å². The summed E-state index contributed by atoms with van der Waals surface area (Å²) in [7, 11) is 0. The Kier molecular flexibility index (Phi) is 3.01. The quantitative estimate of drug-likeness (QED) is 0.815. The van der Waals surface area contributed by atoms with Crippen LogP contribution in [0.15, 0.2) is 16.8 Å². The van der Waals surface area contributed by atoms with E-state index in [1.165, 1.54) is 25.7 Å². The highest BCUT2D eigenvalue weighted by Crippen LogP contribution is 2.44. The molecule has 94 valence electrons. The molecule has 0 bridgehead atoms. The highest BCUT2D eigenvalue weighted by molar-refractivity contribution is 7.08. The van der Waals surface area contributed by atoms with Crippen LogP contribution in [-0.4, -0.2) is 17.7 Å². The summed E-state index contributed by atoms with van der Waals surface area (Å²) >= 11 is 1.65. The zero-order chi connectivity index (χ0) is 11.9. The molecule has 0 spiro atoms.